The average molecular weight is 354 g/mol. The molecule has 5 heteroatoms. The van der Waals surface area contributed by atoms with Crippen LogP contribution >= 0.6 is 22.6 Å². The van der Waals surface area contributed by atoms with E-state index in [9.17, 15) is 5.11 Å². The summed E-state index contributed by atoms with van der Waals surface area (Å²) in [7, 11) is 0. The van der Waals surface area contributed by atoms with E-state index in [0.717, 1.165) is 9.26 Å². The van der Waals surface area contributed by atoms with Crippen LogP contribution in [0.5, 0.6) is 11.5 Å². The van der Waals surface area contributed by atoms with E-state index in [1.165, 1.54) is 18.3 Å². The van der Waals surface area contributed by atoms with Gasteiger partial charge in [0, 0.05) is 15.2 Å². The number of anilines is 1. The molecular formula is C13H11IN2O2. The molecule has 3 N–H and O–H groups in total. The maximum atomic E-state index is 9.54. The van der Waals surface area contributed by atoms with E-state index in [1.54, 1.807) is 6.07 Å². The van der Waals surface area contributed by atoms with Crippen molar-refractivity contribution in [1.29, 1.82) is 0 Å². The number of phenols is 2. The van der Waals surface area contributed by atoms with Gasteiger partial charge in [-0.05, 0) is 59.0 Å². The second-order valence-electron chi connectivity index (χ2n) is 3.62. The van der Waals surface area contributed by atoms with Crippen LogP contribution in [0.25, 0.3) is 0 Å². The predicted molar refractivity (Wildman–Crippen MR) is 80.1 cm³/mol. The first kappa shape index (κ1) is 12.7. The van der Waals surface area contributed by atoms with Crippen molar-refractivity contribution in [2.45, 2.75) is 0 Å². The first-order chi connectivity index (χ1) is 8.65. The minimum atomic E-state index is -0.0110. The maximum Gasteiger partial charge on any atom is 0.128 e. The number of aromatic hydroxyl groups is 2. The number of nitrogens with one attached hydrogen (secondary N) is 1. The van der Waals surface area contributed by atoms with Gasteiger partial charge in [-0.1, -0.05) is 0 Å². The van der Waals surface area contributed by atoms with Gasteiger partial charge >= 0.3 is 0 Å². The van der Waals surface area contributed by atoms with Crippen LogP contribution in [0, 0.1) is 3.57 Å². The van der Waals surface area contributed by atoms with Gasteiger partial charge in [-0.2, -0.15) is 5.10 Å². The van der Waals surface area contributed by atoms with Crippen molar-refractivity contribution in [2.75, 3.05) is 5.43 Å². The van der Waals surface area contributed by atoms with Crippen molar-refractivity contribution in [1.82, 2.24) is 0 Å². The largest absolute Gasteiger partial charge is 0.508 e. The van der Waals surface area contributed by atoms with Gasteiger partial charge in [-0.3, -0.25) is 5.43 Å². The molecule has 0 fully saturated rings. The van der Waals surface area contributed by atoms with Gasteiger partial charge in [0.25, 0.3) is 0 Å². The normalized spacial score (nSPS) is 10.7. The highest BCUT2D eigenvalue weighted by Crippen LogP contribution is 2.20. The number of phenolic OH excluding ortho intramolecular Hbond substituents is 2. The Bertz CT molecular complexity index is 568. The van der Waals surface area contributed by atoms with Crippen molar-refractivity contribution in [2.24, 2.45) is 5.10 Å². The second kappa shape index (κ2) is 5.72. The van der Waals surface area contributed by atoms with E-state index in [4.69, 9.17) is 5.11 Å². The van der Waals surface area contributed by atoms with Gasteiger partial charge in [-0.15, -0.1) is 0 Å². The van der Waals surface area contributed by atoms with Gasteiger partial charge < -0.3 is 10.2 Å². The standard InChI is InChI=1S/C13H11IN2O2/c14-10-2-4-11(5-3-10)16-15-8-9-1-6-12(17)7-13(9)18/h1-8,16-18H. The highest BCUT2D eigenvalue weighted by atomic mass is 127. The lowest BCUT2D eigenvalue weighted by molar-refractivity contribution is 0.450. The van der Waals surface area contributed by atoms with Crippen LogP contribution in [0.2, 0.25) is 0 Å². The first-order valence-electron chi connectivity index (χ1n) is 5.22. The summed E-state index contributed by atoms with van der Waals surface area (Å²) < 4.78 is 1.15. The quantitative estimate of drug-likeness (QED) is 0.451. The summed E-state index contributed by atoms with van der Waals surface area (Å²) in [6.45, 7) is 0. The van der Waals surface area contributed by atoms with E-state index >= 15 is 0 Å². The molecule has 0 aliphatic carbocycles. The van der Waals surface area contributed by atoms with Crippen molar-refractivity contribution in [3.05, 3.63) is 51.6 Å². The Labute approximate surface area is 118 Å². The molecule has 2 aromatic carbocycles. The van der Waals surface area contributed by atoms with Crippen LogP contribution in [0.4, 0.5) is 5.69 Å². The van der Waals surface area contributed by atoms with Gasteiger partial charge in [0.1, 0.15) is 11.5 Å². The summed E-state index contributed by atoms with van der Waals surface area (Å²) in [5, 5.41) is 22.7. The molecule has 0 spiro atoms. The van der Waals surface area contributed by atoms with E-state index in [1.807, 2.05) is 24.3 Å². The molecule has 0 aliphatic rings. The van der Waals surface area contributed by atoms with Crippen molar-refractivity contribution in [3.63, 3.8) is 0 Å². The van der Waals surface area contributed by atoms with Crippen molar-refractivity contribution >= 4 is 34.5 Å². The fourth-order valence-corrected chi connectivity index (χ4v) is 1.70. The van der Waals surface area contributed by atoms with Gasteiger partial charge in [0.15, 0.2) is 0 Å². The average Bonchev–Trinajstić information content (AvgIpc) is 2.34. The Balaban J connectivity index is 2.05. The number of benzene rings is 2. The molecule has 0 saturated heterocycles. The summed E-state index contributed by atoms with van der Waals surface area (Å²) in [5.74, 6) is 0.0124. The molecule has 2 aromatic rings. The molecule has 92 valence electrons. The number of nitrogens with zero attached hydrogens (tertiary/aromatic N) is 1. The van der Waals surface area contributed by atoms with Crippen LogP contribution in [-0.2, 0) is 0 Å². The molecule has 0 saturated carbocycles. The Hall–Kier alpha value is -1.76. The SMILES string of the molecule is Oc1ccc(C=NNc2ccc(I)cc2)c(O)c1. The van der Waals surface area contributed by atoms with Crippen molar-refractivity contribution < 1.29 is 10.2 Å². The minimum Gasteiger partial charge on any atom is -0.508 e. The molecule has 0 aliphatic heterocycles. The van der Waals surface area contributed by atoms with Gasteiger partial charge in [0.05, 0.1) is 11.9 Å². The summed E-state index contributed by atoms with van der Waals surface area (Å²) in [5.41, 5.74) is 4.25. The van der Waals surface area contributed by atoms with Crippen LogP contribution in [0.1, 0.15) is 5.56 Å². The van der Waals surface area contributed by atoms with Crippen LogP contribution in [0.15, 0.2) is 47.6 Å². The van der Waals surface area contributed by atoms with E-state index in [2.05, 4.69) is 33.1 Å². The zero-order valence-corrected chi connectivity index (χ0v) is 11.5. The van der Waals surface area contributed by atoms with E-state index in [0.29, 0.717) is 5.56 Å². The Kier molecular flexibility index (Phi) is 4.03. The molecule has 2 rings (SSSR count). The summed E-state index contributed by atoms with van der Waals surface area (Å²) in [4.78, 5) is 0. The topological polar surface area (TPSA) is 64.9 Å². The molecular weight excluding hydrogens is 343 g/mol. The minimum absolute atomic E-state index is 0.0110. The number of hydrazone groups is 1. The molecule has 0 radical (unpaired) electrons. The highest BCUT2D eigenvalue weighted by Gasteiger charge is 1.98. The van der Waals surface area contributed by atoms with E-state index < -0.39 is 0 Å². The Morgan fingerprint density at radius 3 is 2.44 bits per heavy atom. The Morgan fingerprint density at radius 2 is 1.78 bits per heavy atom. The monoisotopic (exact) mass is 354 g/mol. The van der Waals surface area contributed by atoms with Crippen LogP contribution in [-0.4, -0.2) is 16.4 Å². The lowest BCUT2D eigenvalue weighted by Gasteiger charge is -2.01. The van der Waals surface area contributed by atoms with Crippen molar-refractivity contribution in [3.8, 4) is 11.5 Å². The fraction of sp³-hybridized carbons (Fsp3) is 0. The summed E-state index contributed by atoms with van der Waals surface area (Å²) >= 11 is 2.23. The molecule has 0 unspecified atom stereocenters. The first-order valence-corrected chi connectivity index (χ1v) is 6.29. The Morgan fingerprint density at radius 1 is 1.06 bits per heavy atom. The second-order valence-corrected chi connectivity index (χ2v) is 4.87. The highest BCUT2D eigenvalue weighted by molar-refractivity contribution is 14.1. The zero-order valence-electron chi connectivity index (χ0n) is 9.34. The van der Waals surface area contributed by atoms with Crippen LogP contribution in [0.3, 0.4) is 0 Å². The zero-order chi connectivity index (χ0) is 13.0. The molecule has 18 heavy (non-hydrogen) atoms. The molecule has 0 atom stereocenters. The summed E-state index contributed by atoms with van der Waals surface area (Å²) in [6, 6.07) is 12.1. The molecule has 4 nitrogen and oxygen atoms in total. The third-order valence-corrected chi connectivity index (χ3v) is 2.97. The molecule has 0 amide bonds. The predicted octanol–water partition coefficient (Wildman–Crippen LogP) is 3.15. The number of halogens is 1. The molecule has 0 heterocycles. The lowest BCUT2D eigenvalue weighted by atomic mass is 10.2. The number of hydrogen-bond donors (Lipinski definition) is 3. The molecule has 0 aromatic heterocycles. The fourth-order valence-electron chi connectivity index (χ4n) is 1.34. The third-order valence-electron chi connectivity index (χ3n) is 2.26. The van der Waals surface area contributed by atoms with Crippen LogP contribution < -0.4 is 5.43 Å². The number of hydrogen-bond acceptors (Lipinski definition) is 4. The van der Waals surface area contributed by atoms with E-state index in [-0.39, 0.29) is 11.5 Å². The summed E-state index contributed by atoms with van der Waals surface area (Å²) in [6.07, 6.45) is 1.49. The lowest BCUT2D eigenvalue weighted by Crippen LogP contribution is -1.90. The van der Waals surface area contributed by atoms with Gasteiger partial charge in [0.2, 0.25) is 0 Å². The third kappa shape index (κ3) is 3.36. The smallest absolute Gasteiger partial charge is 0.128 e. The number of rotatable bonds is 3. The molecule has 0 bridgehead atoms. The van der Waals surface area contributed by atoms with Gasteiger partial charge in [-0.25, -0.2) is 0 Å². The maximum absolute atomic E-state index is 9.54.